The molecule has 16 heavy (non-hydrogen) atoms. The number of nitrogens with one attached hydrogen (secondary N) is 1. The van der Waals surface area contributed by atoms with Gasteiger partial charge >= 0.3 is 5.97 Å². The summed E-state index contributed by atoms with van der Waals surface area (Å²) in [5, 5.41) is 21.2. The number of likely N-dealkylation sites (tertiary alicyclic amines) is 1. The van der Waals surface area contributed by atoms with E-state index in [0.29, 0.717) is 12.6 Å². The maximum absolute atomic E-state index is 10.7. The third-order valence-corrected chi connectivity index (χ3v) is 3.13. The maximum atomic E-state index is 10.7. The molecule has 1 fully saturated rings. The van der Waals surface area contributed by atoms with Crippen molar-refractivity contribution in [2.45, 2.75) is 38.3 Å². The number of nitrogens with zero attached hydrogens (tertiary/aromatic N) is 1. The fraction of sp³-hybridized carbons (Fsp3) is 0.909. The van der Waals surface area contributed by atoms with Crippen molar-refractivity contribution in [3.05, 3.63) is 0 Å². The molecule has 0 amide bonds. The van der Waals surface area contributed by atoms with Gasteiger partial charge in [-0.2, -0.15) is 0 Å². The first-order valence-electron chi connectivity index (χ1n) is 5.84. The van der Waals surface area contributed by atoms with Crippen molar-refractivity contribution in [2.75, 3.05) is 26.2 Å². The number of carbonyl (C=O) groups is 1. The highest BCUT2D eigenvalue weighted by Gasteiger charge is 2.29. The van der Waals surface area contributed by atoms with Gasteiger partial charge in [-0.15, -0.1) is 0 Å². The van der Waals surface area contributed by atoms with E-state index in [1.54, 1.807) is 0 Å². The van der Waals surface area contributed by atoms with Crippen LogP contribution in [0.25, 0.3) is 0 Å². The Balaban J connectivity index is 2.21. The van der Waals surface area contributed by atoms with Gasteiger partial charge in [-0.1, -0.05) is 0 Å². The van der Waals surface area contributed by atoms with Gasteiger partial charge in [0, 0.05) is 19.1 Å². The van der Waals surface area contributed by atoms with Crippen molar-refractivity contribution < 1.29 is 15.0 Å². The third-order valence-electron chi connectivity index (χ3n) is 3.13. The average molecular weight is 230 g/mol. The first-order chi connectivity index (χ1) is 7.43. The van der Waals surface area contributed by atoms with E-state index in [-0.39, 0.29) is 6.54 Å². The first-order valence-corrected chi connectivity index (χ1v) is 5.84. The van der Waals surface area contributed by atoms with Crippen molar-refractivity contribution in [3.8, 4) is 0 Å². The van der Waals surface area contributed by atoms with E-state index in [1.165, 1.54) is 19.8 Å². The second kappa shape index (κ2) is 5.61. The SMILES string of the molecule is CC(CNCC(C)(O)C(=O)O)N1CCCC1. The van der Waals surface area contributed by atoms with Gasteiger partial charge in [0.1, 0.15) is 0 Å². The summed E-state index contributed by atoms with van der Waals surface area (Å²) in [5.41, 5.74) is -1.68. The van der Waals surface area contributed by atoms with Crippen LogP contribution in [0, 0.1) is 0 Å². The molecule has 0 aromatic carbocycles. The molecule has 94 valence electrons. The first kappa shape index (κ1) is 13.4. The zero-order chi connectivity index (χ0) is 12.2. The minimum Gasteiger partial charge on any atom is -0.479 e. The molecule has 1 aliphatic rings. The second-order valence-corrected chi connectivity index (χ2v) is 4.80. The number of aliphatic hydroxyl groups is 1. The van der Waals surface area contributed by atoms with Crippen LogP contribution in [-0.2, 0) is 4.79 Å². The lowest BCUT2D eigenvalue weighted by atomic mass is 10.1. The van der Waals surface area contributed by atoms with Crippen LogP contribution in [0.2, 0.25) is 0 Å². The van der Waals surface area contributed by atoms with E-state index in [1.807, 2.05) is 0 Å². The normalized spacial score (nSPS) is 22.9. The van der Waals surface area contributed by atoms with E-state index in [9.17, 15) is 9.90 Å². The lowest BCUT2D eigenvalue weighted by Crippen LogP contribution is -2.48. The Hall–Kier alpha value is -0.650. The Kier molecular flexibility index (Phi) is 4.70. The molecule has 2 atom stereocenters. The van der Waals surface area contributed by atoms with E-state index in [2.05, 4.69) is 17.1 Å². The van der Waals surface area contributed by atoms with Crippen LogP contribution in [-0.4, -0.2) is 58.9 Å². The minimum atomic E-state index is -1.68. The summed E-state index contributed by atoms with van der Waals surface area (Å²) in [6, 6.07) is 0.395. The van der Waals surface area contributed by atoms with Gasteiger partial charge in [0.2, 0.25) is 0 Å². The fourth-order valence-corrected chi connectivity index (χ4v) is 1.91. The number of hydrogen-bond acceptors (Lipinski definition) is 4. The van der Waals surface area contributed by atoms with Crippen molar-refractivity contribution >= 4 is 5.97 Å². The van der Waals surface area contributed by atoms with Crippen molar-refractivity contribution in [3.63, 3.8) is 0 Å². The molecule has 0 aromatic heterocycles. The van der Waals surface area contributed by atoms with Crippen LogP contribution < -0.4 is 5.32 Å². The summed E-state index contributed by atoms with van der Waals surface area (Å²) >= 11 is 0. The quantitative estimate of drug-likeness (QED) is 0.594. The highest BCUT2D eigenvalue weighted by molar-refractivity contribution is 5.76. The summed E-state index contributed by atoms with van der Waals surface area (Å²) < 4.78 is 0. The van der Waals surface area contributed by atoms with Crippen LogP contribution >= 0.6 is 0 Å². The number of rotatable bonds is 6. The van der Waals surface area contributed by atoms with Crippen LogP contribution in [0.15, 0.2) is 0 Å². The molecule has 3 N–H and O–H groups in total. The molecule has 5 heteroatoms. The molecule has 0 bridgehead atoms. The maximum Gasteiger partial charge on any atom is 0.336 e. The standard InChI is InChI=1S/C11H22N2O3/c1-9(13-5-3-4-6-13)7-12-8-11(2,16)10(14)15/h9,12,16H,3-8H2,1-2H3,(H,14,15). The number of carboxylic acid groups (broad SMARTS) is 1. The summed E-state index contributed by atoms with van der Waals surface area (Å²) in [6.45, 7) is 6.47. The summed E-state index contributed by atoms with van der Waals surface area (Å²) in [4.78, 5) is 13.0. The van der Waals surface area contributed by atoms with Crippen LogP contribution in [0.5, 0.6) is 0 Å². The largest absolute Gasteiger partial charge is 0.479 e. The molecule has 0 saturated carbocycles. The van der Waals surface area contributed by atoms with Crippen LogP contribution in [0.4, 0.5) is 0 Å². The van der Waals surface area contributed by atoms with E-state index >= 15 is 0 Å². The molecule has 0 spiro atoms. The fourth-order valence-electron chi connectivity index (χ4n) is 1.91. The van der Waals surface area contributed by atoms with Gasteiger partial charge in [-0.3, -0.25) is 4.90 Å². The molecule has 2 unspecified atom stereocenters. The van der Waals surface area contributed by atoms with E-state index < -0.39 is 11.6 Å². The van der Waals surface area contributed by atoms with Gasteiger partial charge in [0.25, 0.3) is 0 Å². The van der Waals surface area contributed by atoms with E-state index in [4.69, 9.17) is 5.11 Å². The van der Waals surface area contributed by atoms with Gasteiger partial charge in [0.05, 0.1) is 0 Å². The Morgan fingerprint density at radius 3 is 2.56 bits per heavy atom. The number of hydrogen-bond donors (Lipinski definition) is 3. The summed E-state index contributed by atoms with van der Waals surface area (Å²) in [6.07, 6.45) is 2.49. The number of carboxylic acids is 1. The van der Waals surface area contributed by atoms with Crippen molar-refractivity contribution in [2.24, 2.45) is 0 Å². The highest BCUT2D eigenvalue weighted by Crippen LogP contribution is 2.11. The molecule has 1 rings (SSSR count). The Morgan fingerprint density at radius 2 is 2.06 bits per heavy atom. The average Bonchev–Trinajstić information content (AvgIpc) is 2.69. The second-order valence-electron chi connectivity index (χ2n) is 4.80. The molecule has 1 aliphatic heterocycles. The molecule has 5 nitrogen and oxygen atoms in total. The number of aliphatic carboxylic acids is 1. The summed E-state index contributed by atoms with van der Waals surface area (Å²) in [7, 11) is 0. The lowest BCUT2D eigenvalue weighted by Gasteiger charge is -2.25. The molecular weight excluding hydrogens is 208 g/mol. The van der Waals surface area contributed by atoms with Crippen molar-refractivity contribution in [1.29, 1.82) is 0 Å². The van der Waals surface area contributed by atoms with Gasteiger partial charge in [-0.25, -0.2) is 4.79 Å². The summed E-state index contributed by atoms with van der Waals surface area (Å²) in [5.74, 6) is -1.19. The van der Waals surface area contributed by atoms with Crippen LogP contribution in [0.1, 0.15) is 26.7 Å². The topological polar surface area (TPSA) is 72.8 Å². The molecule has 1 saturated heterocycles. The zero-order valence-corrected chi connectivity index (χ0v) is 10.1. The van der Waals surface area contributed by atoms with Crippen LogP contribution in [0.3, 0.4) is 0 Å². The van der Waals surface area contributed by atoms with Gasteiger partial charge in [-0.05, 0) is 39.8 Å². The molecular formula is C11H22N2O3. The molecule has 0 aromatic rings. The Morgan fingerprint density at radius 1 is 1.50 bits per heavy atom. The van der Waals surface area contributed by atoms with Gasteiger partial charge in [0.15, 0.2) is 5.60 Å². The third kappa shape index (κ3) is 3.73. The Bertz CT molecular complexity index is 237. The van der Waals surface area contributed by atoms with Crippen molar-refractivity contribution in [1.82, 2.24) is 10.2 Å². The van der Waals surface area contributed by atoms with E-state index in [0.717, 1.165) is 13.1 Å². The monoisotopic (exact) mass is 230 g/mol. The molecule has 1 heterocycles. The van der Waals surface area contributed by atoms with Gasteiger partial charge < -0.3 is 15.5 Å². The molecule has 0 radical (unpaired) electrons. The molecule has 0 aliphatic carbocycles. The zero-order valence-electron chi connectivity index (χ0n) is 10.1. The smallest absolute Gasteiger partial charge is 0.336 e. The predicted octanol–water partition coefficient (Wildman–Crippen LogP) is -0.104. The minimum absolute atomic E-state index is 0.0838. The predicted molar refractivity (Wildman–Crippen MR) is 61.4 cm³/mol. The Labute approximate surface area is 96.4 Å². The lowest BCUT2D eigenvalue weighted by molar-refractivity contribution is -0.156. The highest BCUT2D eigenvalue weighted by atomic mass is 16.4.